The fourth-order valence-corrected chi connectivity index (χ4v) is 3.15. The van der Waals surface area contributed by atoms with E-state index in [9.17, 15) is 4.79 Å². The van der Waals surface area contributed by atoms with E-state index in [4.69, 9.17) is 14.2 Å². The monoisotopic (exact) mass is 384 g/mol. The van der Waals surface area contributed by atoms with Crippen LogP contribution in [0.2, 0.25) is 0 Å². The van der Waals surface area contributed by atoms with Crippen LogP contribution < -0.4 is 14.8 Å². The minimum absolute atomic E-state index is 0.163. The summed E-state index contributed by atoms with van der Waals surface area (Å²) in [5, 5.41) is 2.95. The van der Waals surface area contributed by atoms with Crippen molar-refractivity contribution in [2.24, 2.45) is 0 Å². The van der Waals surface area contributed by atoms with Crippen LogP contribution in [0, 0.1) is 0 Å². The van der Waals surface area contributed by atoms with Crippen LogP contribution in [0.5, 0.6) is 11.5 Å². The maximum Gasteiger partial charge on any atom is 0.261 e. The molecule has 0 saturated carbocycles. The van der Waals surface area contributed by atoms with Crippen molar-refractivity contribution in [3.63, 3.8) is 0 Å². The van der Waals surface area contributed by atoms with Crippen molar-refractivity contribution in [3.05, 3.63) is 59.7 Å². The fraction of sp³-hybridized carbons (Fsp3) is 0.409. The highest BCUT2D eigenvalue weighted by Gasteiger charge is 2.16. The molecule has 1 fully saturated rings. The Balaban J connectivity index is 1.51. The van der Waals surface area contributed by atoms with Crippen LogP contribution in [-0.4, -0.2) is 50.3 Å². The van der Waals surface area contributed by atoms with Gasteiger partial charge in [-0.15, -0.1) is 0 Å². The molecule has 2 aromatic carbocycles. The molecule has 6 heteroatoms. The summed E-state index contributed by atoms with van der Waals surface area (Å²) < 4.78 is 16.4. The highest BCUT2D eigenvalue weighted by atomic mass is 16.5. The highest BCUT2D eigenvalue weighted by Crippen LogP contribution is 2.26. The van der Waals surface area contributed by atoms with E-state index in [0.29, 0.717) is 18.0 Å². The Kier molecular flexibility index (Phi) is 7.28. The number of morpholine rings is 1. The van der Waals surface area contributed by atoms with Gasteiger partial charge in [-0.3, -0.25) is 9.69 Å². The quantitative estimate of drug-likeness (QED) is 0.758. The highest BCUT2D eigenvalue weighted by molar-refractivity contribution is 5.80. The maximum absolute atomic E-state index is 12.4. The lowest BCUT2D eigenvalue weighted by atomic mass is 10.1. The van der Waals surface area contributed by atoms with Gasteiger partial charge >= 0.3 is 0 Å². The van der Waals surface area contributed by atoms with Crippen LogP contribution in [0.3, 0.4) is 0 Å². The lowest BCUT2D eigenvalue weighted by Crippen LogP contribution is -2.36. The second kappa shape index (κ2) is 10.1. The summed E-state index contributed by atoms with van der Waals surface area (Å²) in [7, 11) is 1.58. The van der Waals surface area contributed by atoms with Crippen molar-refractivity contribution in [2.75, 3.05) is 33.4 Å². The normalized spacial score (nSPS) is 15.6. The first-order valence-corrected chi connectivity index (χ1v) is 9.61. The summed E-state index contributed by atoms with van der Waals surface area (Å²) in [5.74, 6) is 1.00. The number of benzene rings is 2. The van der Waals surface area contributed by atoms with Crippen molar-refractivity contribution in [1.29, 1.82) is 0 Å². The second-order valence-electron chi connectivity index (χ2n) is 6.84. The summed E-state index contributed by atoms with van der Waals surface area (Å²) >= 11 is 0. The third kappa shape index (κ3) is 5.71. The van der Waals surface area contributed by atoms with Crippen molar-refractivity contribution >= 4 is 5.91 Å². The Morgan fingerprint density at radius 3 is 2.57 bits per heavy atom. The molecule has 1 amide bonds. The van der Waals surface area contributed by atoms with Crippen LogP contribution in [0.25, 0.3) is 0 Å². The molecule has 1 atom stereocenters. The number of nitrogens with one attached hydrogen (secondary N) is 1. The smallest absolute Gasteiger partial charge is 0.261 e. The number of methoxy groups -OCH3 is 1. The van der Waals surface area contributed by atoms with Crippen LogP contribution in [0.15, 0.2) is 48.5 Å². The number of nitrogens with zero attached hydrogens (tertiary/aromatic N) is 1. The molecule has 0 bridgehead atoms. The van der Waals surface area contributed by atoms with Gasteiger partial charge in [0.1, 0.15) is 0 Å². The van der Waals surface area contributed by atoms with E-state index in [1.165, 1.54) is 5.56 Å². The number of para-hydroxylation sites is 2. The minimum atomic E-state index is -0.618. The summed E-state index contributed by atoms with van der Waals surface area (Å²) in [5.41, 5.74) is 2.32. The van der Waals surface area contributed by atoms with Crippen LogP contribution in [0.4, 0.5) is 0 Å². The SMILES string of the molecule is COc1ccccc1O[C@@H](C)C(=O)NCc1cccc(CN2CCOCC2)c1. The standard InChI is InChI=1S/C22H28N2O4/c1-17(28-21-9-4-3-8-20(21)26-2)22(25)23-15-18-6-5-7-19(14-18)16-24-10-12-27-13-11-24/h3-9,14,17H,10-13,15-16H2,1-2H3,(H,23,25)/t17-/m0/s1. The van der Waals surface area contributed by atoms with E-state index in [1.54, 1.807) is 26.2 Å². The lowest BCUT2D eigenvalue weighted by molar-refractivity contribution is -0.127. The van der Waals surface area contributed by atoms with E-state index in [0.717, 1.165) is 38.4 Å². The summed E-state index contributed by atoms with van der Waals surface area (Å²) in [4.78, 5) is 14.8. The van der Waals surface area contributed by atoms with E-state index in [1.807, 2.05) is 24.3 Å². The number of carbonyl (C=O) groups is 1. The molecule has 3 rings (SSSR count). The van der Waals surface area contributed by atoms with Crippen molar-refractivity contribution in [3.8, 4) is 11.5 Å². The first kappa shape index (κ1) is 20.2. The van der Waals surface area contributed by atoms with Crippen molar-refractivity contribution in [1.82, 2.24) is 10.2 Å². The van der Waals surface area contributed by atoms with E-state index >= 15 is 0 Å². The third-order valence-electron chi connectivity index (χ3n) is 4.71. The molecular formula is C22H28N2O4. The van der Waals surface area contributed by atoms with Gasteiger partial charge in [0.25, 0.3) is 5.91 Å². The molecule has 28 heavy (non-hydrogen) atoms. The van der Waals surface area contributed by atoms with Gasteiger partial charge in [-0.2, -0.15) is 0 Å². The number of ether oxygens (including phenoxy) is 3. The summed E-state index contributed by atoms with van der Waals surface area (Å²) in [6.45, 7) is 6.60. The van der Waals surface area contributed by atoms with E-state index < -0.39 is 6.10 Å². The van der Waals surface area contributed by atoms with Crippen molar-refractivity contribution < 1.29 is 19.0 Å². The van der Waals surface area contributed by atoms with Gasteiger partial charge in [-0.1, -0.05) is 36.4 Å². The van der Waals surface area contributed by atoms with Gasteiger partial charge in [0.2, 0.25) is 0 Å². The zero-order valence-corrected chi connectivity index (χ0v) is 16.5. The van der Waals surface area contributed by atoms with Gasteiger partial charge in [-0.25, -0.2) is 0 Å². The molecule has 1 aliphatic heterocycles. The topological polar surface area (TPSA) is 60.0 Å². The average molecular weight is 384 g/mol. The molecule has 1 heterocycles. The fourth-order valence-electron chi connectivity index (χ4n) is 3.15. The molecule has 1 aliphatic rings. The van der Waals surface area contributed by atoms with Gasteiger partial charge in [0.05, 0.1) is 20.3 Å². The molecule has 0 radical (unpaired) electrons. The van der Waals surface area contributed by atoms with Gasteiger partial charge in [0.15, 0.2) is 17.6 Å². The second-order valence-corrected chi connectivity index (χ2v) is 6.84. The van der Waals surface area contributed by atoms with E-state index in [2.05, 4.69) is 22.3 Å². The maximum atomic E-state index is 12.4. The molecule has 0 spiro atoms. The number of rotatable bonds is 8. The Hall–Kier alpha value is -2.57. The molecular weight excluding hydrogens is 356 g/mol. The lowest BCUT2D eigenvalue weighted by Gasteiger charge is -2.26. The molecule has 150 valence electrons. The number of carbonyl (C=O) groups excluding carboxylic acids is 1. The minimum Gasteiger partial charge on any atom is -0.493 e. The summed E-state index contributed by atoms with van der Waals surface area (Å²) in [6, 6.07) is 15.6. The average Bonchev–Trinajstić information content (AvgIpc) is 2.73. The predicted octanol–water partition coefficient (Wildman–Crippen LogP) is 2.61. The first-order chi connectivity index (χ1) is 13.7. The zero-order chi connectivity index (χ0) is 19.8. The molecule has 6 nitrogen and oxygen atoms in total. The number of amides is 1. The largest absolute Gasteiger partial charge is 0.493 e. The molecule has 0 aromatic heterocycles. The Labute approximate surface area is 166 Å². The molecule has 0 unspecified atom stereocenters. The van der Waals surface area contributed by atoms with Crippen LogP contribution >= 0.6 is 0 Å². The molecule has 1 N–H and O–H groups in total. The van der Waals surface area contributed by atoms with Crippen LogP contribution in [-0.2, 0) is 22.6 Å². The molecule has 1 saturated heterocycles. The Morgan fingerprint density at radius 2 is 1.82 bits per heavy atom. The Morgan fingerprint density at radius 1 is 1.11 bits per heavy atom. The first-order valence-electron chi connectivity index (χ1n) is 9.61. The Bertz CT molecular complexity index is 775. The third-order valence-corrected chi connectivity index (χ3v) is 4.71. The molecule has 0 aliphatic carbocycles. The van der Waals surface area contributed by atoms with Gasteiger partial charge in [0, 0.05) is 26.2 Å². The molecule has 2 aromatic rings. The van der Waals surface area contributed by atoms with Crippen molar-refractivity contribution in [2.45, 2.75) is 26.1 Å². The number of hydrogen-bond donors (Lipinski definition) is 1. The van der Waals surface area contributed by atoms with Gasteiger partial charge in [-0.05, 0) is 30.2 Å². The zero-order valence-electron chi connectivity index (χ0n) is 16.5. The predicted molar refractivity (Wildman–Crippen MR) is 107 cm³/mol. The van der Waals surface area contributed by atoms with Gasteiger partial charge < -0.3 is 19.5 Å². The summed E-state index contributed by atoms with van der Waals surface area (Å²) in [6.07, 6.45) is -0.618. The van der Waals surface area contributed by atoms with E-state index in [-0.39, 0.29) is 5.91 Å². The number of hydrogen-bond acceptors (Lipinski definition) is 5. The van der Waals surface area contributed by atoms with Crippen LogP contribution in [0.1, 0.15) is 18.1 Å².